The number of aromatic nitrogens is 1. The van der Waals surface area contributed by atoms with Gasteiger partial charge < -0.3 is 5.32 Å². The number of aryl methyl sites for hydroxylation is 1. The number of rotatable bonds is 1. The van der Waals surface area contributed by atoms with E-state index in [0.717, 1.165) is 13.1 Å². The topological polar surface area (TPSA) is 15.9 Å². The number of hydrogen-bond acceptors (Lipinski definition) is 1. The Bertz CT molecular complexity index is 298. The van der Waals surface area contributed by atoms with Crippen molar-refractivity contribution in [1.82, 2.24) is 5.32 Å². The molecule has 1 aliphatic rings. The van der Waals surface area contributed by atoms with Crippen LogP contribution in [-0.4, -0.2) is 13.1 Å². The average molecular weight is 161 g/mol. The predicted molar refractivity (Wildman–Crippen MR) is 48.5 cm³/mol. The van der Waals surface area contributed by atoms with Crippen LogP contribution >= 0.6 is 0 Å². The number of pyridine rings is 1. The van der Waals surface area contributed by atoms with Gasteiger partial charge in [0.05, 0.1) is 0 Å². The van der Waals surface area contributed by atoms with E-state index in [4.69, 9.17) is 0 Å². The highest BCUT2D eigenvalue weighted by Crippen LogP contribution is 2.13. The first-order valence-corrected chi connectivity index (χ1v) is 4.22. The molecule has 0 atom stereocenters. The van der Waals surface area contributed by atoms with E-state index in [1.807, 2.05) is 11.6 Å². The number of nitrogens with one attached hydrogen (secondary N) is 1. The van der Waals surface area contributed by atoms with Gasteiger partial charge in [-0.25, -0.2) is 4.57 Å². The van der Waals surface area contributed by atoms with Crippen molar-refractivity contribution in [3.05, 3.63) is 36.2 Å². The third-order valence-corrected chi connectivity index (χ3v) is 2.16. The average Bonchev–Trinajstić information content (AvgIpc) is 2.58. The zero-order chi connectivity index (χ0) is 8.39. The largest absolute Gasteiger partial charge is 0.309 e. The molecule has 2 rings (SSSR count). The molecule has 1 N–H and O–H groups in total. The normalized spacial score (nSPS) is 16.2. The van der Waals surface area contributed by atoms with Gasteiger partial charge in [-0.15, -0.1) is 0 Å². The Labute approximate surface area is 72.5 Å². The Balaban J connectivity index is 2.28. The van der Waals surface area contributed by atoms with E-state index in [1.165, 1.54) is 11.1 Å². The second kappa shape index (κ2) is 3.07. The molecule has 0 bridgehead atoms. The van der Waals surface area contributed by atoms with Crippen LogP contribution in [-0.2, 0) is 7.05 Å². The fourth-order valence-electron chi connectivity index (χ4n) is 1.41. The lowest BCUT2D eigenvalue weighted by molar-refractivity contribution is -0.671. The summed E-state index contributed by atoms with van der Waals surface area (Å²) in [5.41, 5.74) is 2.74. The molecule has 0 radical (unpaired) electrons. The Morgan fingerprint density at radius 2 is 2.08 bits per heavy atom. The molecular weight excluding hydrogens is 148 g/mol. The first-order chi connectivity index (χ1) is 5.86. The summed E-state index contributed by atoms with van der Waals surface area (Å²) in [5, 5.41) is 3.29. The highest BCUT2D eigenvalue weighted by atomic mass is 14.9. The third kappa shape index (κ3) is 1.38. The van der Waals surface area contributed by atoms with Gasteiger partial charge in [-0.05, 0) is 11.1 Å². The van der Waals surface area contributed by atoms with Crippen molar-refractivity contribution in [2.45, 2.75) is 0 Å². The molecule has 62 valence electrons. The fraction of sp³-hybridized carbons (Fsp3) is 0.300. The first kappa shape index (κ1) is 7.50. The quantitative estimate of drug-likeness (QED) is 0.593. The molecule has 0 saturated heterocycles. The van der Waals surface area contributed by atoms with Gasteiger partial charge in [-0.2, -0.15) is 0 Å². The Morgan fingerprint density at radius 3 is 2.67 bits per heavy atom. The molecule has 1 aromatic rings. The lowest BCUT2D eigenvalue weighted by Gasteiger charge is -1.98. The smallest absolute Gasteiger partial charge is 0.169 e. The van der Waals surface area contributed by atoms with Crippen LogP contribution in [0.15, 0.2) is 30.6 Å². The van der Waals surface area contributed by atoms with Crippen molar-refractivity contribution < 1.29 is 4.57 Å². The summed E-state index contributed by atoms with van der Waals surface area (Å²) in [6, 6.07) is 4.30. The van der Waals surface area contributed by atoms with E-state index >= 15 is 0 Å². The van der Waals surface area contributed by atoms with Gasteiger partial charge in [0.1, 0.15) is 7.05 Å². The van der Waals surface area contributed by atoms with Crippen molar-refractivity contribution in [1.29, 1.82) is 0 Å². The van der Waals surface area contributed by atoms with Gasteiger partial charge in [-0.3, -0.25) is 0 Å². The summed E-state index contributed by atoms with van der Waals surface area (Å²) >= 11 is 0. The van der Waals surface area contributed by atoms with E-state index in [9.17, 15) is 0 Å². The van der Waals surface area contributed by atoms with E-state index in [-0.39, 0.29) is 0 Å². The Kier molecular flexibility index (Phi) is 1.92. The van der Waals surface area contributed by atoms with Crippen LogP contribution in [0, 0.1) is 0 Å². The molecular formula is C10H13N2+. The monoisotopic (exact) mass is 161 g/mol. The highest BCUT2D eigenvalue weighted by Gasteiger charge is 2.06. The van der Waals surface area contributed by atoms with Gasteiger partial charge in [0.2, 0.25) is 0 Å². The van der Waals surface area contributed by atoms with Crippen LogP contribution in [0.4, 0.5) is 0 Å². The molecule has 12 heavy (non-hydrogen) atoms. The first-order valence-electron chi connectivity index (χ1n) is 4.22. The van der Waals surface area contributed by atoms with Gasteiger partial charge in [-0.1, -0.05) is 6.08 Å². The van der Waals surface area contributed by atoms with Crippen LogP contribution in [0.3, 0.4) is 0 Å². The molecule has 0 fully saturated rings. The molecule has 0 unspecified atom stereocenters. The van der Waals surface area contributed by atoms with E-state index in [1.54, 1.807) is 0 Å². The fourth-order valence-corrected chi connectivity index (χ4v) is 1.41. The Morgan fingerprint density at radius 1 is 1.33 bits per heavy atom. The van der Waals surface area contributed by atoms with E-state index in [0.29, 0.717) is 0 Å². The maximum Gasteiger partial charge on any atom is 0.169 e. The second-order valence-electron chi connectivity index (χ2n) is 3.11. The SMILES string of the molecule is C[n+]1ccc(C2=CCNC2)cc1. The summed E-state index contributed by atoms with van der Waals surface area (Å²) in [6.07, 6.45) is 6.40. The van der Waals surface area contributed by atoms with Crippen LogP contribution in [0.25, 0.3) is 5.57 Å². The predicted octanol–water partition coefficient (Wildman–Crippen LogP) is 0.498. The standard InChI is InChI=1S/C10H13N2/c1-12-6-3-9(4-7-12)10-2-5-11-8-10/h2-4,6-7,11H,5,8H2,1H3/q+1. The van der Waals surface area contributed by atoms with E-state index in [2.05, 4.69) is 35.9 Å². The summed E-state index contributed by atoms with van der Waals surface area (Å²) in [7, 11) is 2.03. The number of nitrogens with zero attached hydrogens (tertiary/aromatic N) is 1. The molecule has 0 saturated carbocycles. The molecule has 0 aromatic carbocycles. The molecule has 0 amide bonds. The van der Waals surface area contributed by atoms with Gasteiger partial charge in [0, 0.05) is 25.2 Å². The van der Waals surface area contributed by atoms with Crippen molar-refractivity contribution in [3.63, 3.8) is 0 Å². The molecule has 2 nitrogen and oxygen atoms in total. The molecule has 1 aromatic heterocycles. The molecule has 2 heteroatoms. The lowest BCUT2D eigenvalue weighted by Crippen LogP contribution is -2.25. The molecule has 0 spiro atoms. The van der Waals surface area contributed by atoms with Crippen molar-refractivity contribution in [2.24, 2.45) is 7.05 Å². The van der Waals surface area contributed by atoms with Crippen molar-refractivity contribution in [3.8, 4) is 0 Å². The number of hydrogen-bond donors (Lipinski definition) is 1. The minimum absolute atomic E-state index is 1.01. The van der Waals surface area contributed by atoms with Crippen LogP contribution in [0.5, 0.6) is 0 Å². The van der Waals surface area contributed by atoms with Crippen molar-refractivity contribution >= 4 is 5.57 Å². The molecule has 2 heterocycles. The lowest BCUT2D eigenvalue weighted by atomic mass is 10.1. The maximum absolute atomic E-state index is 3.29. The zero-order valence-electron chi connectivity index (χ0n) is 7.25. The van der Waals surface area contributed by atoms with Crippen molar-refractivity contribution in [2.75, 3.05) is 13.1 Å². The van der Waals surface area contributed by atoms with Crippen LogP contribution in [0.1, 0.15) is 5.56 Å². The maximum atomic E-state index is 3.29. The van der Waals surface area contributed by atoms with Gasteiger partial charge >= 0.3 is 0 Å². The summed E-state index contributed by atoms with van der Waals surface area (Å²) in [5.74, 6) is 0. The summed E-state index contributed by atoms with van der Waals surface area (Å²) in [4.78, 5) is 0. The summed E-state index contributed by atoms with van der Waals surface area (Å²) in [6.45, 7) is 2.02. The third-order valence-electron chi connectivity index (χ3n) is 2.16. The zero-order valence-corrected chi connectivity index (χ0v) is 7.25. The minimum Gasteiger partial charge on any atom is -0.309 e. The molecule has 0 aliphatic carbocycles. The van der Waals surface area contributed by atoms with Gasteiger partial charge in [0.25, 0.3) is 0 Å². The Hall–Kier alpha value is -1.15. The van der Waals surface area contributed by atoms with Crippen LogP contribution < -0.4 is 9.88 Å². The highest BCUT2D eigenvalue weighted by molar-refractivity contribution is 5.68. The van der Waals surface area contributed by atoms with E-state index < -0.39 is 0 Å². The summed E-state index contributed by atoms with van der Waals surface area (Å²) < 4.78 is 2.05. The van der Waals surface area contributed by atoms with Gasteiger partial charge in [0.15, 0.2) is 12.4 Å². The molecule has 1 aliphatic heterocycles. The second-order valence-corrected chi connectivity index (χ2v) is 3.11. The minimum atomic E-state index is 1.01. The van der Waals surface area contributed by atoms with Crippen LogP contribution in [0.2, 0.25) is 0 Å².